The van der Waals surface area contributed by atoms with Crippen molar-refractivity contribution in [1.29, 1.82) is 0 Å². The molecule has 2 aliphatic rings. The van der Waals surface area contributed by atoms with E-state index in [0.717, 1.165) is 39.6 Å². The van der Waals surface area contributed by atoms with Gasteiger partial charge in [-0.15, -0.1) is 11.3 Å². The van der Waals surface area contributed by atoms with Gasteiger partial charge in [-0.2, -0.15) is 0 Å². The molecule has 0 bridgehead atoms. The molecule has 1 aliphatic heterocycles. The van der Waals surface area contributed by atoms with Crippen LogP contribution in [0.25, 0.3) is 0 Å². The Labute approximate surface area is 208 Å². The second-order valence-electron chi connectivity index (χ2n) is 9.23. The molecule has 1 spiro atoms. The molecule has 1 unspecified atom stereocenters. The molecule has 1 fully saturated rings. The molecule has 0 saturated carbocycles. The second-order valence-corrected chi connectivity index (χ2v) is 10.2. The zero-order chi connectivity index (χ0) is 24.6. The minimum absolute atomic E-state index is 0.150. The fourth-order valence-corrected chi connectivity index (χ4v) is 6.02. The molecule has 2 heterocycles. The number of imide groups is 1. The quantitative estimate of drug-likeness (QED) is 0.478. The number of benzene rings is 2. The molecule has 2 N–H and O–H groups in total. The van der Waals surface area contributed by atoms with E-state index >= 15 is 0 Å². The van der Waals surface area contributed by atoms with Crippen molar-refractivity contribution in [1.82, 2.24) is 10.2 Å². The number of carbonyl (C=O) groups is 3. The number of aryl methyl sites for hydroxylation is 1. The number of urea groups is 1. The molecule has 5 rings (SSSR count). The van der Waals surface area contributed by atoms with Crippen LogP contribution in [0.15, 0.2) is 66.0 Å². The van der Waals surface area contributed by atoms with E-state index in [1.807, 2.05) is 79.9 Å². The Kier molecular flexibility index (Phi) is 6.06. The summed E-state index contributed by atoms with van der Waals surface area (Å²) in [6.07, 6.45) is 2.28. The Morgan fingerprint density at radius 1 is 1.09 bits per heavy atom. The van der Waals surface area contributed by atoms with Gasteiger partial charge in [0.15, 0.2) is 0 Å². The van der Waals surface area contributed by atoms with Gasteiger partial charge in [0, 0.05) is 33.5 Å². The first-order chi connectivity index (χ1) is 16.9. The lowest BCUT2D eigenvalue weighted by Crippen LogP contribution is -2.48. The lowest BCUT2D eigenvalue weighted by Gasteiger charge is -2.31. The van der Waals surface area contributed by atoms with Gasteiger partial charge < -0.3 is 15.5 Å². The fourth-order valence-electron chi connectivity index (χ4n) is 5.02. The summed E-state index contributed by atoms with van der Waals surface area (Å²) < 4.78 is 0. The summed E-state index contributed by atoms with van der Waals surface area (Å²) in [4.78, 5) is 43.7. The van der Waals surface area contributed by atoms with Crippen LogP contribution in [0, 0.1) is 0 Å². The number of para-hydroxylation sites is 1. The van der Waals surface area contributed by atoms with E-state index in [0.29, 0.717) is 12.1 Å². The molecule has 0 radical (unpaired) electrons. The first kappa shape index (κ1) is 23.1. The van der Waals surface area contributed by atoms with Gasteiger partial charge in [-0.25, -0.2) is 4.79 Å². The van der Waals surface area contributed by atoms with Crippen LogP contribution in [0.3, 0.4) is 0 Å². The van der Waals surface area contributed by atoms with Crippen molar-refractivity contribution in [3.05, 3.63) is 76.5 Å². The summed E-state index contributed by atoms with van der Waals surface area (Å²) in [6.45, 7) is 3.54. The monoisotopic (exact) mass is 488 g/mol. The highest BCUT2D eigenvalue weighted by atomic mass is 32.1. The van der Waals surface area contributed by atoms with E-state index in [2.05, 4.69) is 10.6 Å². The van der Waals surface area contributed by atoms with Crippen LogP contribution in [0.2, 0.25) is 0 Å². The standard InChI is InChI=1S/C27H28N4O3S/c1-18(2)31(21-12-10-20(11-13-21)28-19-7-4-3-5-8-19)24(32)17-30-25(33)27(29-26(30)34)15-6-9-23-22(27)14-16-35-23/h3-5,7-8,10-14,16,18,28H,6,9,15,17H2,1-2H3,(H,29,34). The number of hydrogen-bond donors (Lipinski definition) is 2. The minimum Gasteiger partial charge on any atom is -0.356 e. The molecule has 4 amide bonds. The van der Waals surface area contributed by atoms with Gasteiger partial charge in [-0.3, -0.25) is 14.5 Å². The molecule has 35 heavy (non-hydrogen) atoms. The Hall–Kier alpha value is -3.65. The van der Waals surface area contributed by atoms with Gasteiger partial charge in [0.05, 0.1) is 0 Å². The lowest BCUT2D eigenvalue weighted by molar-refractivity contribution is -0.135. The van der Waals surface area contributed by atoms with E-state index < -0.39 is 11.6 Å². The summed E-state index contributed by atoms with van der Waals surface area (Å²) in [7, 11) is 0. The SMILES string of the molecule is CC(C)N(C(=O)CN1C(=O)NC2(CCCc3sccc32)C1=O)c1ccc(Nc2ccccc2)cc1. The van der Waals surface area contributed by atoms with Gasteiger partial charge in [-0.05, 0) is 81.0 Å². The highest BCUT2D eigenvalue weighted by molar-refractivity contribution is 7.10. The summed E-state index contributed by atoms with van der Waals surface area (Å²) in [5.41, 5.74) is 2.42. The number of anilines is 3. The number of carbonyl (C=O) groups excluding carboxylic acids is 3. The van der Waals surface area contributed by atoms with Gasteiger partial charge in [0.25, 0.3) is 5.91 Å². The van der Waals surface area contributed by atoms with Crippen molar-refractivity contribution in [2.45, 2.75) is 44.7 Å². The third-order valence-electron chi connectivity index (χ3n) is 6.62. The maximum Gasteiger partial charge on any atom is 0.325 e. The molecule has 7 nitrogen and oxygen atoms in total. The van der Waals surface area contributed by atoms with Crippen molar-refractivity contribution < 1.29 is 14.4 Å². The Morgan fingerprint density at radius 2 is 1.80 bits per heavy atom. The zero-order valence-corrected chi connectivity index (χ0v) is 20.6. The number of nitrogens with one attached hydrogen (secondary N) is 2. The molecular weight excluding hydrogens is 460 g/mol. The number of amides is 4. The van der Waals surface area contributed by atoms with Crippen molar-refractivity contribution in [2.24, 2.45) is 0 Å². The minimum atomic E-state index is -1.04. The number of thiophene rings is 1. The maximum absolute atomic E-state index is 13.5. The predicted molar refractivity (Wildman–Crippen MR) is 138 cm³/mol. The number of nitrogens with zero attached hydrogens (tertiary/aromatic N) is 2. The van der Waals surface area contributed by atoms with Gasteiger partial charge in [0.1, 0.15) is 12.1 Å². The average molecular weight is 489 g/mol. The molecule has 1 saturated heterocycles. The summed E-state index contributed by atoms with van der Waals surface area (Å²) in [5.74, 6) is -0.632. The van der Waals surface area contributed by atoms with E-state index in [1.54, 1.807) is 16.2 Å². The van der Waals surface area contributed by atoms with Crippen LogP contribution >= 0.6 is 11.3 Å². The topological polar surface area (TPSA) is 81.8 Å². The van der Waals surface area contributed by atoms with Gasteiger partial charge in [0.2, 0.25) is 5.91 Å². The fraction of sp³-hybridized carbons (Fsp3) is 0.296. The number of fused-ring (bicyclic) bond motifs is 2. The largest absolute Gasteiger partial charge is 0.356 e. The Bertz CT molecular complexity index is 1250. The van der Waals surface area contributed by atoms with Crippen LogP contribution in [0.4, 0.5) is 21.9 Å². The Morgan fingerprint density at radius 3 is 2.51 bits per heavy atom. The molecule has 3 aromatic rings. The highest BCUT2D eigenvalue weighted by Crippen LogP contribution is 2.42. The van der Waals surface area contributed by atoms with Crippen LogP contribution < -0.4 is 15.5 Å². The van der Waals surface area contributed by atoms with Crippen LogP contribution in [0.5, 0.6) is 0 Å². The van der Waals surface area contributed by atoms with E-state index in [4.69, 9.17) is 0 Å². The Balaban J connectivity index is 1.33. The molecule has 1 atom stereocenters. The van der Waals surface area contributed by atoms with Crippen molar-refractivity contribution >= 4 is 46.2 Å². The molecule has 1 aromatic heterocycles. The lowest BCUT2D eigenvalue weighted by atomic mass is 9.80. The summed E-state index contributed by atoms with van der Waals surface area (Å²) >= 11 is 1.61. The molecule has 8 heteroatoms. The van der Waals surface area contributed by atoms with Crippen molar-refractivity contribution in [2.75, 3.05) is 16.8 Å². The van der Waals surface area contributed by atoms with E-state index in [1.165, 1.54) is 0 Å². The average Bonchev–Trinajstić information content (AvgIpc) is 3.41. The number of hydrogen-bond acceptors (Lipinski definition) is 5. The molecule has 2 aromatic carbocycles. The van der Waals surface area contributed by atoms with Crippen LogP contribution in [-0.2, 0) is 21.5 Å². The number of rotatable bonds is 6. The maximum atomic E-state index is 13.5. The molecule has 1 aliphatic carbocycles. The highest BCUT2D eigenvalue weighted by Gasteiger charge is 2.54. The first-order valence-corrected chi connectivity index (χ1v) is 12.7. The smallest absolute Gasteiger partial charge is 0.325 e. The van der Waals surface area contributed by atoms with E-state index in [-0.39, 0.29) is 24.4 Å². The summed E-state index contributed by atoms with van der Waals surface area (Å²) in [6, 6.07) is 18.7. The van der Waals surface area contributed by atoms with Crippen LogP contribution in [0.1, 0.15) is 37.1 Å². The van der Waals surface area contributed by atoms with Crippen molar-refractivity contribution in [3.8, 4) is 0 Å². The molecule has 180 valence electrons. The summed E-state index contributed by atoms with van der Waals surface area (Å²) in [5, 5.41) is 8.21. The molecular formula is C27H28N4O3S. The van der Waals surface area contributed by atoms with Gasteiger partial charge in [-0.1, -0.05) is 18.2 Å². The first-order valence-electron chi connectivity index (χ1n) is 11.8. The van der Waals surface area contributed by atoms with E-state index in [9.17, 15) is 14.4 Å². The second kappa shape index (κ2) is 9.19. The predicted octanol–water partition coefficient (Wildman–Crippen LogP) is 5.02. The third-order valence-corrected chi connectivity index (χ3v) is 7.60. The third kappa shape index (κ3) is 4.18. The zero-order valence-electron chi connectivity index (χ0n) is 19.8. The van der Waals surface area contributed by atoms with Crippen LogP contribution in [-0.4, -0.2) is 35.3 Å². The van der Waals surface area contributed by atoms with Gasteiger partial charge >= 0.3 is 6.03 Å². The normalized spacial score (nSPS) is 19.1. The van der Waals surface area contributed by atoms with Crippen molar-refractivity contribution in [3.63, 3.8) is 0 Å².